The van der Waals surface area contributed by atoms with Gasteiger partial charge in [-0.1, -0.05) is 115 Å². The van der Waals surface area contributed by atoms with Gasteiger partial charge in [-0.15, -0.1) is 0 Å². The fourth-order valence-electron chi connectivity index (χ4n) is 6.84. The number of benzene rings is 2. The van der Waals surface area contributed by atoms with Crippen LogP contribution in [-0.4, -0.2) is 99.4 Å². The molecule has 59 heavy (non-hydrogen) atoms. The highest BCUT2D eigenvalue weighted by molar-refractivity contribution is 6.28. The van der Waals surface area contributed by atoms with E-state index in [-0.39, 0.29) is 43.5 Å². The van der Waals surface area contributed by atoms with Crippen LogP contribution in [0.2, 0.25) is 0 Å². The lowest BCUT2D eigenvalue weighted by molar-refractivity contribution is -0.134. The third kappa shape index (κ3) is 17.3. The molecule has 1 aliphatic carbocycles. The van der Waals surface area contributed by atoms with Crippen LogP contribution in [0.3, 0.4) is 0 Å². The first kappa shape index (κ1) is 50.0. The minimum Gasteiger partial charge on any atom is -0.494 e. The first-order chi connectivity index (χ1) is 28.5. The monoisotopic (exact) mass is 821 g/mol. The van der Waals surface area contributed by atoms with Crippen molar-refractivity contribution in [3.8, 4) is 5.75 Å². The molecule has 14 nitrogen and oxygen atoms in total. The topological polar surface area (TPSA) is 183 Å². The van der Waals surface area contributed by atoms with Gasteiger partial charge in [-0.2, -0.15) is 0 Å². The molecule has 2 aromatic rings. The number of hydrogen-bond acceptors (Lipinski definition) is 9. The fraction of sp³-hybridized carbons (Fsp3) is 0.578. The molecule has 0 radical (unpaired) electrons. The molecule has 14 heteroatoms. The number of aldehydes is 1. The summed E-state index contributed by atoms with van der Waals surface area (Å²) in [5, 5.41) is 10.8. The van der Waals surface area contributed by atoms with Gasteiger partial charge in [0.2, 0.25) is 35.3 Å². The molecule has 3 atom stereocenters. The summed E-state index contributed by atoms with van der Waals surface area (Å²) in [4.78, 5) is 87.9. The van der Waals surface area contributed by atoms with Crippen molar-refractivity contribution in [2.24, 2.45) is 0 Å². The number of fused-ring (bicyclic) bond motifs is 1. The molecule has 2 aromatic carbocycles. The molecule has 5 amide bonds. The molecule has 0 spiro atoms. The van der Waals surface area contributed by atoms with E-state index in [1.165, 1.54) is 48.3 Å². The molecule has 3 unspecified atom stereocenters. The standard InChI is InChI=1S/C24H31N3O6.C13H19N3O2.C6H12.C2H6/c1-2-7-18(21(29)15-28)26-24(32)20-12-16-9-10-17-13-19(16)27(20)23(31)14-25-22(30)8-5-3-4-6-11-33-17;1-14-9-11(17)15-12(13(18)16(2)3)10-7-5-4-6-8-10;1-2-4-6-5-3-1;1-2/h9-10,13,15,18,20H,2-8,11-12,14H2,1H3,(H,25,30)(H,26,32);4-8,12,14H,9H2,1-3H3,(H,15,17);1-6H2;1-2H3. The van der Waals surface area contributed by atoms with Crippen molar-refractivity contribution in [3.05, 3.63) is 59.7 Å². The van der Waals surface area contributed by atoms with Gasteiger partial charge in [0.15, 0.2) is 6.29 Å². The third-order valence-electron chi connectivity index (χ3n) is 9.93. The molecule has 1 fully saturated rings. The smallest absolute Gasteiger partial charge is 0.249 e. The Morgan fingerprint density at radius 1 is 0.898 bits per heavy atom. The number of rotatable bonds is 11. The van der Waals surface area contributed by atoms with E-state index in [2.05, 4.69) is 21.3 Å². The molecule has 2 aliphatic heterocycles. The normalized spacial score (nSPS) is 17.3. The van der Waals surface area contributed by atoms with Crippen LogP contribution < -0.4 is 30.9 Å². The van der Waals surface area contributed by atoms with Crippen LogP contribution in [-0.2, 0) is 40.0 Å². The summed E-state index contributed by atoms with van der Waals surface area (Å²) in [6.45, 7) is 6.32. The van der Waals surface area contributed by atoms with Crippen molar-refractivity contribution in [1.29, 1.82) is 0 Å². The Kier molecular flexibility index (Phi) is 24.0. The third-order valence-corrected chi connectivity index (χ3v) is 9.93. The highest BCUT2D eigenvalue weighted by Gasteiger charge is 2.39. The second kappa shape index (κ2) is 28.3. The summed E-state index contributed by atoms with van der Waals surface area (Å²) >= 11 is 0. The van der Waals surface area contributed by atoms with Gasteiger partial charge in [-0.25, -0.2) is 0 Å². The van der Waals surface area contributed by atoms with Crippen molar-refractivity contribution in [3.63, 3.8) is 0 Å². The van der Waals surface area contributed by atoms with Gasteiger partial charge in [-0.05, 0) is 43.5 Å². The molecule has 1 saturated carbocycles. The van der Waals surface area contributed by atoms with Gasteiger partial charge >= 0.3 is 0 Å². The molecular formula is C45H68N6O8. The second-order valence-corrected chi connectivity index (χ2v) is 14.7. The largest absolute Gasteiger partial charge is 0.494 e. The average Bonchev–Trinajstić information content (AvgIpc) is 3.64. The number of ketones is 1. The molecule has 0 aromatic heterocycles. The van der Waals surface area contributed by atoms with E-state index in [1.54, 1.807) is 27.2 Å². The molecule has 326 valence electrons. The average molecular weight is 821 g/mol. The molecule has 4 N–H and O–H groups in total. The summed E-state index contributed by atoms with van der Waals surface area (Å²) in [6.07, 6.45) is 14.2. The molecule has 2 bridgehead atoms. The van der Waals surface area contributed by atoms with Crippen molar-refractivity contribution in [2.45, 2.75) is 129 Å². The first-order valence-corrected chi connectivity index (χ1v) is 21.3. The van der Waals surface area contributed by atoms with E-state index in [1.807, 2.05) is 63.2 Å². The van der Waals surface area contributed by atoms with Gasteiger partial charge in [0, 0.05) is 33.0 Å². The van der Waals surface area contributed by atoms with Crippen LogP contribution in [0.25, 0.3) is 0 Å². The van der Waals surface area contributed by atoms with E-state index in [9.17, 15) is 33.6 Å². The van der Waals surface area contributed by atoms with Crippen LogP contribution in [0.4, 0.5) is 5.69 Å². The predicted molar refractivity (Wildman–Crippen MR) is 230 cm³/mol. The number of carbonyl (C=O) groups excluding carboxylic acids is 7. The maximum absolute atomic E-state index is 13.2. The highest BCUT2D eigenvalue weighted by Crippen LogP contribution is 2.36. The number of ether oxygens (including phenoxy) is 1. The SMILES string of the molecule is C1CCCCC1.CC.CCCC(NC(=O)C1Cc2ccc3cc2N1C(=O)CNC(=O)CCCCCCO3)C(=O)C=O.CNCC(=O)NC(C(=O)N(C)C)c1ccccc1. The number of nitrogens with zero attached hydrogens (tertiary/aromatic N) is 2. The summed E-state index contributed by atoms with van der Waals surface area (Å²) in [7, 11) is 5.02. The van der Waals surface area contributed by atoms with E-state index >= 15 is 0 Å². The van der Waals surface area contributed by atoms with E-state index < -0.39 is 35.7 Å². The van der Waals surface area contributed by atoms with Crippen LogP contribution in [0.15, 0.2) is 48.5 Å². The maximum Gasteiger partial charge on any atom is 0.249 e. The zero-order chi connectivity index (χ0) is 43.6. The summed E-state index contributed by atoms with van der Waals surface area (Å²) in [6, 6.07) is 12.1. The Morgan fingerprint density at radius 2 is 1.53 bits per heavy atom. The molecule has 3 aliphatic rings. The lowest BCUT2D eigenvalue weighted by atomic mass is 10.0. The quantitative estimate of drug-likeness (QED) is 0.180. The zero-order valence-electron chi connectivity index (χ0n) is 36.1. The zero-order valence-corrected chi connectivity index (χ0v) is 36.1. The van der Waals surface area contributed by atoms with Gasteiger partial charge in [0.25, 0.3) is 0 Å². The minimum atomic E-state index is -0.930. The van der Waals surface area contributed by atoms with Crippen molar-refractivity contribution in [1.82, 2.24) is 26.2 Å². The Balaban J connectivity index is 0.000000383. The van der Waals surface area contributed by atoms with Crippen LogP contribution in [0, 0.1) is 0 Å². The second-order valence-electron chi connectivity index (χ2n) is 14.7. The number of nitrogens with one attached hydrogen (secondary N) is 4. The number of carbonyl (C=O) groups is 7. The minimum absolute atomic E-state index is 0.148. The van der Waals surface area contributed by atoms with Gasteiger partial charge < -0.3 is 30.9 Å². The number of hydrogen-bond donors (Lipinski definition) is 4. The van der Waals surface area contributed by atoms with Crippen LogP contribution in [0.1, 0.15) is 121 Å². The molecule has 5 rings (SSSR count). The number of likely N-dealkylation sites (N-methyl/N-ethyl adjacent to an activating group) is 2. The molecule has 0 saturated heterocycles. The fourth-order valence-corrected chi connectivity index (χ4v) is 6.84. The number of anilines is 1. The predicted octanol–water partition coefficient (Wildman–Crippen LogP) is 4.97. The highest BCUT2D eigenvalue weighted by atomic mass is 16.5. The van der Waals surface area contributed by atoms with E-state index in [0.29, 0.717) is 37.3 Å². The lowest BCUT2D eigenvalue weighted by Gasteiger charge is -2.26. The summed E-state index contributed by atoms with van der Waals surface area (Å²) in [5.74, 6) is -1.60. The summed E-state index contributed by atoms with van der Waals surface area (Å²) in [5.41, 5.74) is 2.12. The van der Waals surface area contributed by atoms with Crippen molar-refractivity contribution >= 4 is 47.3 Å². The van der Waals surface area contributed by atoms with E-state index in [0.717, 1.165) is 36.8 Å². The summed E-state index contributed by atoms with van der Waals surface area (Å²) < 4.78 is 5.84. The van der Waals surface area contributed by atoms with Crippen LogP contribution in [0.5, 0.6) is 5.75 Å². The molecular weight excluding hydrogens is 753 g/mol. The van der Waals surface area contributed by atoms with Crippen LogP contribution >= 0.6 is 0 Å². The number of amides is 5. The Morgan fingerprint density at radius 3 is 2.12 bits per heavy atom. The maximum atomic E-state index is 13.2. The Labute approximate surface area is 350 Å². The van der Waals surface area contributed by atoms with E-state index in [4.69, 9.17) is 4.74 Å². The first-order valence-electron chi connectivity index (χ1n) is 21.3. The Hall–Kier alpha value is -5.11. The van der Waals surface area contributed by atoms with Gasteiger partial charge in [-0.3, -0.25) is 38.5 Å². The molecule has 2 heterocycles. The van der Waals surface area contributed by atoms with Gasteiger partial charge in [0.05, 0.1) is 31.4 Å². The lowest BCUT2D eigenvalue weighted by Crippen LogP contribution is -2.54. The van der Waals surface area contributed by atoms with Gasteiger partial charge in [0.1, 0.15) is 17.8 Å². The number of Topliss-reactive ketones (excluding diaryl/α,β-unsaturated/α-hetero) is 1. The van der Waals surface area contributed by atoms with Crippen molar-refractivity contribution < 1.29 is 38.3 Å². The van der Waals surface area contributed by atoms with Crippen molar-refractivity contribution in [2.75, 3.05) is 45.7 Å². The Bertz CT molecular complexity index is 1620.